The van der Waals surface area contributed by atoms with Crippen molar-refractivity contribution in [3.05, 3.63) is 35.9 Å². The van der Waals surface area contributed by atoms with Crippen LogP contribution in [-0.2, 0) is 0 Å². The molecule has 2 nitrogen and oxygen atoms in total. The molecule has 1 N–H and O–H groups in total. The van der Waals surface area contributed by atoms with E-state index in [9.17, 15) is 0 Å². The van der Waals surface area contributed by atoms with Gasteiger partial charge in [-0.05, 0) is 31.2 Å². The standard InChI is InChI=1S/C23H36N2.ClH/c1-2-4-6-11-18-23(24-19-12-7-5-3-1)25-22-17-13-16-21(22)20-14-9-8-10-15-20;/h8-10,14-15,21-22H,1-7,11-13,16-19H2,(H,24,25);1H/t21?,22-;/m0./s1. The lowest BCUT2D eigenvalue weighted by atomic mass is 9.94. The molecule has 2 atom stereocenters. The first-order valence-electron chi connectivity index (χ1n) is 10.8. The van der Waals surface area contributed by atoms with Crippen LogP contribution in [0.25, 0.3) is 0 Å². The van der Waals surface area contributed by atoms with Gasteiger partial charge in [0.25, 0.3) is 0 Å². The van der Waals surface area contributed by atoms with E-state index in [0.29, 0.717) is 12.0 Å². The Labute approximate surface area is 166 Å². The van der Waals surface area contributed by atoms with Gasteiger partial charge < -0.3 is 5.32 Å². The Morgan fingerprint density at radius 3 is 2.12 bits per heavy atom. The molecule has 1 aliphatic heterocycles. The minimum absolute atomic E-state index is 0. The van der Waals surface area contributed by atoms with Gasteiger partial charge in [-0.3, -0.25) is 4.99 Å². The Morgan fingerprint density at radius 2 is 1.38 bits per heavy atom. The first-order valence-corrected chi connectivity index (χ1v) is 10.8. The molecule has 0 spiro atoms. The molecular formula is C23H37ClN2. The number of hydrogen-bond donors (Lipinski definition) is 1. The smallest absolute Gasteiger partial charge is 0.0965 e. The molecule has 146 valence electrons. The molecule has 2 aliphatic rings. The number of nitrogens with zero attached hydrogens (tertiary/aromatic N) is 1. The monoisotopic (exact) mass is 376 g/mol. The number of rotatable bonds is 2. The molecule has 1 aromatic rings. The Hall–Kier alpha value is -1.02. The van der Waals surface area contributed by atoms with Crippen molar-refractivity contribution in [3.63, 3.8) is 0 Å². The first kappa shape index (κ1) is 21.3. The molecule has 0 amide bonds. The number of amidine groups is 1. The Kier molecular flexibility index (Phi) is 10.1. The minimum atomic E-state index is 0. The summed E-state index contributed by atoms with van der Waals surface area (Å²) in [7, 11) is 0. The number of aliphatic imine (C=N–C) groups is 1. The Morgan fingerprint density at radius 1 is 0.731 bits per heavy atom. The highest BCUT2D eigenvalue weighted by Gasteiger charge is 2.28. The number of benzene rings is 1. The zero-order valence-electron chi connectivity index (χ0n) is 16.3. The lowest BCUT2D eigenvalue weighted by Gasteiger charge is -2.23. The van der Waals surface area contributed by atoms with Gasteiger partial charge in [0.1, 0.15) is 0 Å². The third-order valence-corrected chi connectivity index (χ3v) is 5.97. The molecule has 1 aromatic carbocycles. The molecule has 1 unspecified atom stereocenters. The van der Waals surface area contributed by atoms with Gasteiger partial charge in [0, 0.05) is 24.9 Å². The summed E-state index contributed by atoms with van der Waals surface area (Å²) in [5.74, 6) is 1.96. The van der Waals surface area contributed by atoms with Crippen molar-refractivity contribution in [2.75, 3.05) is 6.54 Å². The summed E-state index contributed by atoms with van der Waals surface area (Å²) in [6.07, 6.45) is 17.5. The van der Waals surface area contributed by atoms with E-state index < -0.39 is 0 Å². The van der Waals surface area contributed by atoms with Crippen LogP contribution in [0.5, 0.6) is 0 Å². The van der Waals surface area contributed by atoms with E-state index in [4.69, 9.17) is 4.99 Å². The van der Waals surface area contributed by atoms with Gasteiger partial charge in [0.15, 0.2) is 0 Å². The van der Waals surface area contributed by atoms with Crippen molar-refractivity contribution in [2.45, 2.75) is 95.4 Å². The van der Waals surface area contributed by atoms with Gasteiger partial charge in [-0.2, -0.15) is 0 Å². The second-order valence-electron chi connectivity index (χ2n) is 7.96. The van der Waals surface area contributed by atoms with Crippen LogP contribution in [0.4, 0.5) is 0 Å². The molecule has 0 saturated heterocycles. The fourth-order valence-corrected chi connectivity index (χ4v) is 4.50. The van der Waals surface area contributed by atoms with Gasteiger partial charge in [-0.1, -0.05) is 81.7 Å². The highest BCUT2D eigenvalue weighted by molar-refractivity contribution is 5.85. The van der Waals surface area contributed by atoms with Crippen LogP contribution < -0.4 is 5.32 Å². The average molecular weight is 377 g/mol. The summed E-state index contributed by atoms with van der Waals surface area (Å²) in [5.41, 5.74) is 1.50. The minimum Gasteiger partial charge on any atom is -0.370 e. The van der Waals surface area contributed by atoms with Crippen molar-refractivity contribution in [1.82, 2.24) is 5.32 Å². The maximum atomic E-state index is 4.98. The molecule has 1 saturated carbocycles. The van der Waals surface area contributed by atoms with E-state index >= 15 is 0 Å². The normalized spacial score (nSPS) is 25.8. The van der Waals surface area contributed by atoms with Crippen LogP contribution in [0, 0.1) is 0 Å². The third-order valence-electron chi connectivity index (χ3n) is 5.97. The molecular weight excluding hydrogens is 340 g/mol. The quantitative estimate of drug-likeness (QED) is 0.614. The summed E-state index contributed by atoms with van der Waals surface area (Å²) in [6, 6.07) is 11.7. The van der Waals surface area contributed by atoms with E-state index in [1.807, 2.05) is 0 Å². The lowest BCUT2D eigenvalue weighted by molar-refractivity contribution is 0.547. The van der Waals surface area contributed by atoms with Crippen LogP contribution in [0.3, 0.4) is 0 Å². The maximum absolute atomic E-state index is 4.98. The predicted molar refractivity (Wildman–Crippen MR) is 116 cm³/mol. The molecule has 1 heterocycles. The van der Waals surface area contributed by atoms with Crippen LogP contribution in [-0.4, -0.2) is 18.4 Å². The van der Waals surface area contributed by atoms with Crippen molar-refractivity contribution in [2.24, 2.45) is 4.99 Å². The van der Waals surface area contributed by atoms with Gasteiger partial charge in [0.05, 0.1) is 5.84 Å². The topological polar surface area (TPSA) is 24.4 Å². The number of nitrogens with one attached hydrogen (secondary N) is 1. The summed E-state index contributed by atoms with van der Waals surface area (Å²) >= 11 is 0. The van der Waals surface area contributed by atoms with Crippen molar-refractivity contribution in [1.29, 1.82) is 0 Å². The largest absolute Gasteiger partial charge is 0.370 e. The predicted octanol–water partition coefficient (Wildman–Crippen LogP) is 6.65. The second-order valence-corrected chi connectivity index (χ2v) is 7.96. The Bertz CT molecular complexity index is 514. The van der Waals surface area contributed by atoms with Crippen LogP contribution in [0.15, 0.2) is 35.3 Å². The first-order chi connectivity index (χ1) is 12.4. The van der Waals surface area contributed by atoms with Crippen molar-refractivity contribution in [3.8, 4) is 0 Å². The Balaban J connectivity index is 0.00000243. The van der Waals surface area contributed by atoms with Gasteiger partial charge in [0.2, 0.25) is 0 Å². The average Bonchev–Trinajstić information content (AvgIpc) is 3.11. The molecule has 3 heteroatoms. The highest BCUT2D eigenvalue weighted by Crippen LogP contribution is 2.34. The zero-order chi connectivity index (χ0) is 17.2. The molecule has 0 bridgehead atoms. The molecule has 3 rings (SSSR count). The van der Waals surface area contributed by atoms with Crippen LogP contribution in [0.2, 0.25) is 0 Å². The highest BCUT2D eigenvalue weighted by atomic mass is 35.5. The van der Waals surface area contributed by atoms with Crippen LogP contribution >= 0.6 is 12.4 Å². The number of halogens is 1. The molecule has 1 fully saturated rings. The van der Waals surface area contributed by atoms with Gasteiger partial charge in [-0.25, -0.2) is 0 Å². The number of hydrogen-bond acceptors (Lipinski definition) is 2. The van der Waals surface area contributed by atoms with E-state index in [2.05, 4.69) is 35.6 Å². The zero-order valence-corrected chi connectivity index (χ0v) is 17.1. The summed E-state index contributed by atoms with van der Waals surface area (Å²) in [6.45, 7) is 1.02. The van der Waals surface area contributed by atoms with Gasteiger partial charge in [-0.15, -0.1) is 12.4 Å². The van der Waals surface area contributed by atoms with Crippen molar-refractivity contribution >= 4 is 18.2 Å². The van der Waals surface area contributed by atoms with E-state index in [-0.39, 0.29) is 12.4 Å². The summed E-state index contributed by atoms with van der Waals surface area (Å²) in [5, 5.41) is 3.88. The summed E-state index contributed by atoms with van der Waals surface area (Å²) in [4.78, 5) is 4.98. The fourth-order valence-electron chi connectivity index (χ4n) is 4.50. The molecule has 26 heavy (non-hydrogen) atoms. The summed E-state index contributed by atoms with van der Waals surface area (Å²) < 4.78 is 0. The van der Waals surface area contributed by atoms with E-state index in [1.54, 1.807) is 0 Å². The van der Waals surface area contributed by atoms with Crippen LogP contribution in [0.1, 0.15) is 95.0 Å². The fraction of sp³-hybridized carbons (Fsp3) is 0.696. The SMILES string of the molecule is Cl.c1ccc(C2CCC[C@@H]2NC2=NCCCCCCCCCCC2)cc1. The van der Waals surface area contributed by atoms with Crippen molar-refractivity contribution < 1.29 is 0 Å². The van der Waals surface area contributed by atoms with E-state index in [1.165, 1.54) is 88.4 Å². The second kappa shape index (κ2) is 12.4. The lowest BCUT2D eigenvalue weighted by Crippen LogP contribution is -2.36. The van der Waals surface area contributed by atoms with Gasteiger partial charge >= 0.3 is 0 Å². The molecule has 0 aromatic heterocycles. The third kappa shape index (κ3) is 6.95. The molecule has 1 aliphatic carbocycles. The van der Waals surface area contributed by atoms with E-state index in [0.717, 1.165) is 13.0 Å². The molecule has 0 radical (unpaired) electrons. The maximum Gasteiger partial charge on any atom is 0.0965 e.